The fraction of sp³-hybridized carbons (Fsp3) is 0.147. The molecule has 2 aromatic heterocycles. The molecule has 1 atom stereocenters. The van der Waals surface area contributed by atoms with Crippen molar-refractivity contribution in [1.29, 1.82) is 0 Å². The molecule has 0 fully saturated rings. The maximum Gasteiger partial charge on any atom is 0.338 e. The van der Waals surface area contributed by atoms with E-state index < -0.39 is 16.9 Å². The molecule has 0 spiro atoms. The zero-order chi connectivity index (χ0) is 32.4. The second-order valence-corrected chi connectivity index (χ2v) is 11.9. The van der Waals surface area contributed by atoms with Gasteiger partial charge in [-0.25, -0.2) is 9.79 Å². The quantitative estimate of drug-likeness (QED) is 0.0842. The van der Waals surface area contributed by atoms with Gasteiger partial charge in [0.05, 0.1) is 52.1 Å². The zero-order valence-electron chi connectivity index (χ0n) is 25.0. The molecular formula is C34H27N3O7S2. The van der Waals surface area contributed by atoms with Crippen molar-refractivity contribution in [3.63, 3.8) is 0 Å². The number of aromatic nitrogens is 1. The van der Waals surface area contributed by atoms with Crippen LogP contribution in [0.15, 0.2) is 110 Å². The number of fused-ring (bicyclic) bond motifs is 1. The van der Waals surface area contributed by atoms with E-state index in [9.17, 15) is 19.7 Å². The first-order valence-electron chi connectivity index (χ1n) is 14.2. The number of furan rings is 1. The number of nitro benzene ring substituents is 1. The van der Waals surface area contributed by atoms with Crippen LogP contribution < -0.4 is 19.6 Å². The highest BCUT2D eigenvalue weighted by atomic mass is 32.2. The second-order valence-electron chi connectivity index (χ2n) is 10.0. The van der Waals surface area contributed by atoms with Crippen molar-refractivity contribution in [3.8, 4) is 17.1 Å². The van der Waals surface area contributed by atoms with Crippen LogP contribution in [0, 0.1) is 10.1 Å². The lowest BCUT2D eigenvalue weighted by Gasteiger charge is -2.26. The van der Waals surface area contributed by atoms with E-state index in [0.717, 1.165) is 21.8 Å². The molecule has 12 heteroatoms. The van der Waals surface area contributed by atoms with E-state index in [1.165, 1.54) is 17.7 Å². The standard InChI is InChI=1S/C34H27N3O7S2/c1-4-43-33(39)29-30(20-8-6-5-7-9-20)35-34-36(31(29)21-10-14-24(45-3)15-11-21)32(38)28(46-34)19-23-13-17-27(44-23)25-16-12-22(42-2)18-26(25)37(40)41/h5-19,31H,4H2,1-3H3/b28-19-/t31-/m0/s1. The number of nitrogens with zero attached hydrogens (tertiary/aromatic N) is 3. The third-order valence-corrected chi connectivity index (χ3v) is 9.10. The first-order chi connectivity index (χ1) is 22.3. The molecule has 10 nitrogen and oxygen atoms in total. The van der Waals surface area contributed by atoms with Gasteiger partial charge in [0.15, 0.2) is 4.80 Å². The van der Waals surface area contributed by atoms with Crippen LogP contribution in [0.1, 0.15) is 29.9 Å². The average Bonchev–Trinajstić information content (AvgIpc) is 3.67. The van der Waals surface area contributed by atoms with Crippen LogP contribution in [0.3, 0.4) is 0 Å². The average molecular weight is 654 g/mol. The number of nitro groups is 1. The molecule has 6 rings (SSSR count). The summed E-state index contributed by atoms with van der Waals surface area (Å²) in [4.78, 5) is 45.3. The number of esters is 1. The van der Waals surface area contributed by atoms with E-state index in [-0.39, 0.29) is 34.8 Å². The number of carbonyl (C=O) groups excluding carboxylic acids is 1. The molecule has 0 saturated heterocycles. The molecule has 1 aliphatic rings. The lowest BCUT2D eigenvalue weighted by atomic mass is 9.93. The summed E-state index contributed by atoms with van der Waals surface area (Å²) in [5.74, 6) is 0.364. The molecule has 0 radical (unpaired) electrons. The molecule has 0 N–H and O–H groups in total. The topological polar surface area (TPSA) is 126 Å². The molecule has 0 unspecified atom stereocenters. The van der Waals surface area contributed by atoms with Crippen molar-refractivity contribution in [3.05, 3.63) is 137 Å². The lowest BCUT2D eigenvalue weighted by Crippen LogP contribution is -2.40. The SMILES string of the molecule is CCOC(=O)C1=C(c2ccccc2)N=c2s/c(=C\c3ccc(-c4ccc(OC)cc4[N+](=O)[O-])o3)c(=O)n2[C@H]1c1ccc(SC)cc1. The van der Waals surface area contributed by atoms with Crippen LogP contribution in [-0.2, 0) is 9.53 Å². The van der Waals surface area contributed by atoms with Gasteiger partial charge in [-0.2, -0.15) is 0 Å². The van der Waals surface area contributed by atoms with E-state index >= 15 is 0 Å². The smallest absolute Gasteiger partial charge is 0.338 e. The minimum absolute atomic E-state index is 0.153. The number of benzene rings is 3. The van der Waals surface area contributed by atoms with Crippen LogP contribution in [0.5, 0.6) is 5.75 Å². The van der Waals surface area contributed by atoms with Crippen molar-refractivity contribution >= 4 is 46.5 Å². The van der Waals surface area contributed by atoms with Crippen LogP contribution in [0.2, 0.25) is 0 Å². The Balaban J connectivity index is 1.53. The van der Waals surface area contributed by atoms with E-state index in [1.807, 2.05) is 60.9 Å². The number of thiazole rings is 1. The monoisotopic (exact) mass is 653 g/mol. The maximum absolute atomic E-state index is 14.1. The van der Waals surface area contributed by atoms with E-state index in [4.69, 9.17) is 18.9 Å². The number of rotatable bonds is 9. The van der Waals surface area contributed by atoms with Gasteiger partial charge in [-0.05, 0) is 55.1 Å². The predicted molar refractivity (Wildman–Crippen MR) is 177 cm³/mol. The first-order valence-corrected chi connectivity index (χ1v) is 16.2. The summed E-state index contributed by atoms with van der Waals surface area (Å²) < 4.78 is 18.5. The number of hydrogen-bond acceptors (Lipinski definition) is 10. The Kier molecular flexibility index (Phi) is 8.73. The minimum Gasteiger partial charge on any atom is -0.497 e. The summed E-state index contributed by atoms with van der Waals surface area (Å²) >= 11 is 2.75. The van der Waals surface area contributed by atoms with E-state index in [1.54, 1.807) is 49.0 Å². The Morgan fingerprint density at radius 3 is 2.54 bits per heavy atom. The number of carbonyl (C=O) groups is 1. The van der Waals surface area contributed by atoms with Crippen molar-refractivity contribution in [1.82, 2.24) is 4.57 Å². The molecule has 1 aliphatic heterocycles. The number of methoxy groups -OCH3 is 1. The van der Waals surface area contributed by atoms with Gasteiger partial charge in [0.25, 0.3) is 11.2 Å². The Morgan fingerprint density at radius 2 is 1.87 bits per heavy atom. The van der Waals surface area contributed by atoms with Crippen LogP contribution in [-0.4, -0.2) is 35.4 Å². The highest BCUT2D eigenvalue weighted by molar-refractivity contribution is 7.98. The van der Waals surface area contributed by atoms with Gasteiger partial charge in [0, 0.05) is 16.5 Å². The minimum atomic E-state index is -0.808. The first kappa shape index (κ1) is 30.8. The van der Waals surface area contributed by atoms with Gasteiger partial charge in [0.1, 0.15) is 17.3 Å². The Morgan fingerprint density at radius 1 is 1.11 bits per heavy atom. The summed E-state index contributed by atoms with van der Waals surface area (Å²) in [6.07, 6.45) is 3.55. The molecular weight excluding hydrogens is 627 g/mol. The number of hydrogen-bond donors (Lipinski definition) is 0. The molecule has 3 aromatic carbocycles. The van der Waals surface area contributed by atoms with Gasteiger partial charge in [-0.3, -0.25) is 19.5 Å². The molecule has 46 heavy (non-hydrogen) atoms. The molecule has 232 valence electrons. The molecule has 3 heterocycles. The van der Waals surface area contributed by atoms with Crippen molar-refractivity contribution in [2.45, 2.75) is 17.9 Å². The van der Waals surface area contributed by atoms with Crippen LogP contribution >= 0.6 is 23.1 Å². The van der Waals surface area contributed by atoms with Crippen molar-refractivity contribution in [2.24, 2.45) is 4.99 Å². The third-order valence-electron chi connectivity index (χ3n) is 7.37. The van der Waals surface area contributed by atoms with Gasteiger partial charge < -0.3 is 13.9 Å². The number of ether oxygens (including phenoxy) is 2. The second kappa shape index (κ2) is 13.0. The summed E-state index contributed by atoms with van der Waals surface area (Å²) in [5, 5.41) is 11.8. The Labute approximate surface area is 271 Å². The fourth-order valence-electron chi connectivity index (χ4n) is 5.24. The molecule has 0 aliphatic carbocycles. The third kappa shape index (κ3) is 5.80. The molecule has 0 amide bonds. The molecule has 0 saturated carbocycles. The number of thioether (sulfide) groups is 1. The largest absolute Gasteiger partial charge is 0.497 e. The highest BCUT2D eigenvalue weighted by Crippen LogP contribution is 2.36. The summed E-state index contributed by atoms with van der Waals surface area (Å²) in [6.45, 7) is 1.89. The van der Waals surface area contributed by atoms with E-state index in [0.29, 0.717) is 32.1 Å². The van der Waals surface area contributed by atoms with Gasteiger partial charge in [0.2, 0.25) is 0 Å². The van der Waals surface area contributed by atoms with Crippen molar-refractivity contribution < 1.29 is 23.6 Å². The highest BCUT2D eigenvalue weighted by Gasteiger charge is 2.35. The summed E-state index contributed by atoms with van der Waals surface area (Å²) in [7, 11) is 1.43. The van der Waals surface area contributed by atoms with Crippen LogP contribution in [0.25, 0.3) is 23.1 Å². The summed E-state index contributed by atoms with van der Waals surface area (Å²) in [5.41, 5.74) is 1.85. The molecule has 5 aromatic rings. The lowest BCUT2D eigenvalue weighted by molar-refractivity contribution is -0.384. The van der Waals surface area contributed by atoms with Gasteiger partial charge >= 0.3 is 5.97 Å². The predicted octanol–water partition coefficient (Wildman–Crippen LogP) is 5.83. The van der Waals surface area contributed by atoms with E-state index in [2.05, 4.69) is 0 Å². The van der Waals surface area contributed by atoms with Gasteiger partial charge in [-0.1, -0.05) is 53.8 Å². The Hall–Kier alpha value is -5.20. The normalized spacial score (nSPS) is 14.5. The molecule has 0 bridgehead atoms. The van der Waals surface area contributed by atoms with Crippen molar-refractivity contribution in [2.75, 3.05) is 20.0 Å². The maximum atomic E-state index is 14.1. The zero-order valence-corrected chi connectivity index (χ0v) is 26.6. The Bertz CT molecular complexity index is 2160. The van der Waals surface area contributed by atoms with Gasteiger partial charge in [-0.15, -0.1) is 11.8 Å². The van der Waals surface area contributed by atoms with Crippen LogP contribution in [0.4, 0.5) is 5.69 Å². The summed E-state index contributed by atoms with van der Waals surface area (Å²) in [6, 6.07) is 24.0. The fourth-order valence-corrected chi connectivity index (χ4v) is 6.63.